The van der Waals surface area contributed by atoms with Gasteiger partial charge in [0, 0.05) is 19.2 Å². The molecule has 0 aliphatic heterocycles. The number of nitrogens with two attached hydrogens (primary N) is 1. The third-order valence-electron chi connectivity index (χ3n) is 3.76. The predicted octanol–water partition coefficient (Wildman–Crippen LogP) is 2.91. The fraction of sp³-hybridized carbons (Fsp3) is 0.467. The minimum atomic E-state index is -0.712. The Morgan fingerprint density at radius 2 is 1.82 bits per heavy atom. The zero-order valence-electron chi connectivity index (χ0n) is 13.0. The first kappa shape index (κ1) is 20.3. The topological polar surface area (TPSA) is 84.2 Å². The number of hydrogen-bond donors (Lipinski definition) is 3. The van der Waals surface area contributed by atoms with Gasteiger partial charge in [0.15, 0.2) is 0 Å². The van der Waals surface area contributed by atoms with Gasteiger partial charge in [-0.15, -0.1) is 12.4 Å². The van der Waals surface area contributed by atoms with Crippen LogP contribution >= 0.6 is 12.4 Å². The second-order valence-electron chi connectivity index (χ2n) is 5.02. The third-order valence-corrected chi connectivity index (χ3v) is 3.76. The van der Waals surface area contributed by atoms with Crippen molar-refractivity contribution >= 4 is 35.6 Å². The molecular formula is C15H23ClFN3O2. The maximum atomic E-state index is 13.8. The first-order valence-corrected chi connectivity index (χ1v) is 6.97. The van der Waals surface area contributed by atoms with Crippen LogP contribution in [0.2, 0.25) is 0 Å². The van der Waals surface area contributed by atoms with Gasteiger partial charge in [0.1, 0.15) is 5.82 Å². The predicted molar refractivity (Wildman–Crippen MR) is 88.7 cm³/mol. The lowest BCUT2D eigenvalue weighted by atomic mass is 9.81. The SMILES string of the molecule is CCC(CC)(CN)C(=O)Nc1cc(NC(C)=O)ccc1F.Cl. The average Bonchev–Trinajstić information content (AvgIpc) is 2.44. The van der Waals surface area contributed by atoms with Crippen molar-refractivity contribution in [2.75, 3.05) is 17.2 Å². The van der Waals surface area contributed by atoms with E-state index < -0.39 is 11.2 Å². The molecule has 0 unspecified atom stereocenters. The molecule has 0 atom stereocenters. The maximum Gasteiger partial charge on any atom is 0.231 e. The average molecular weight is 332 g/mol. The molecule has 0 saturated heterocycles. The van der Waals surface area contributed by atoms with E-state index in [0.29, 0.717) is 18.5 Å². The largest absolute Gasteiger partial charge is 0.329 e. The van der Waals surface area contributed by atoms with Gasteiger partial charge in [-0.2, -0.15) is 0 Å². The molecule has 1 aromatic carbocycles. The van der Waals surface area contributed by atoms with Crippen LogP contribution in [0.25, 0.3) is 0 Å². The highest BCUT2D eigenvalue weighted by molar-refractivity contribution is 5.96. The minimum Gasteiger partial charge on any atom is -0.329 e. The van der Waals surface area contributed by atoms with Gasteiger partial charge in [-0.3, -0.25) is 9.59 Å². The number of carbonyl (C=O) groups is 2. The lowest BCUT2D eigenvalue weighted by Crippen LogP contribution is -2.41. The van der Waals surface area contributed by atoms with Crippen LogP contribution in [0.5, 0.6) is 0 Å². The number of hydrogen-bond acceptors (Lipinski definition) is 3. The summed E-state index contributed by atoms with van der Waals surface area (Å²) in [6, 6.07) is 4.02. The lowest BCUT2D eigenvalue weighted by molar-refractivity contribution is -0.125. The van der Waals surface area contributed by atoms with Gasteiger partial charge in [0.25, 0.3) is 0 Å². The number of rotatable bonds is 6. The molecule has 0 spiro atoms. The molecule has 1 rings (SSSR count). The van der Waals surface area contributed by atoms with Gasteiger partial charge in [0.2, 0.25) is 11.8 Å². The Morgan fingerprint density at radius 3 is 2.27 bits per heavy atom. The third kappa shape index (κ3) is 4.68. The Kier molecular flexibility index (Phi) is 8.05. The van der Waals surface area contributed by atoms with Crippen molar-refractivity contribution in [3.05, 3.63) is 24.0 Å². The maximum absolute atomic E-state index is 13.8. The van der Waals surface area contributed by atoms with E-state index >= 15 is 0 Å². The molecule has 0 aromatic heterocycles. The summed E-state index contributed by atoms with van der Waals surface area (Å²) in [4.78, 5) is 23.4. The quantitative estimate of drug-likeness (QED) is 0.749. The Hall–Kier alpha value is -1.66. The fourth-order valence-electron chi connectivity index (χ4n) is 2.11. The van der Waals surface area contributed by atoms with Gasteiger partial charge in [0.05, 0.1) is 11.1 Å². The summed E-state index contributed by atoms with van der Waals surface area (Å²) >= 11 is 0. The van der Waals surface area contributed by atoms with Crippen LogP contribution in [-0.4, -0.2) is 18.4 Å². The van der Waals surface area contributed by atoms with Crippen LogP contribution in [0.1, 0.15) is 33.6 Å². The summed E-state index contributed by atoms with van der Waals surface area (Å²) in [7, 11) is 0. The zero-order valence-corrected chi connectivity index (χ0v) is 13.8. The van der Waals surface area contributed by atoms with Crippen LogP contribution < -0.4 is 16.4 Å². The fourth-order valence-corrected chi connectivity index (χ4v) is 2.11. The van der Waals surface area contributed by atoms with Gasteiger partial charge < -0.3 is 16.4 Å². The van der Waals surface area contributed by atoms with E-state index in [-0.39, 0.29) is 36.5 Å². The summed E-state index contributed by atoms with van der Waals surface area (Å²) in [5, 5.41) is 5.12. The molecule has 0 aliphatic carbocycles. The zero-order chi connectivity index (χ0) is 16.0. The van der Waals surface area contributed by atoms with E-state index in [1.165, 1.54) is 25.1 Å². The molecule has 0 fully saturated rings. The van der Waals surface area contributed by atoms with E-state index in [9.17, 15) is 14.0 Å². The Balaban J connectivity index is 0.00000441. The summed E-state index contributed by atoms with van der Waals surface area (Å²) in [6.45, 7) is 5.30. The number of amides is 2. The second kappa shape index (κ2) is 8.70. The van der Waals surface area contributed by atoms with E-state index in [0.717, 1.165) is 0 Å². The molecule has 124 valence electrons. The van der Waals surface area contributed by atoms with Crippen LogP contribution in [0.4, 0.5) is 15.8 Å². The van der Waals surface area contributed by atoms with Crippen molar-refractivity contribution < 1.29 is 14.0 Å². The van der Waals surface area contributed by atoms with Crippen molar-refractivity contribution in [2.45, 2.75) is 33.6 Å². The van der Waals surface area contributed by atoms with Crippen molar-refractivity contribution in [2.24, 2.45) is 11.1 Å². The number of benzene rings is 1. The van der Waals surface area contributed by atoms with E-state index in [1.807, 2.05) is 13.8 Å². The van der Waals surface area contributed by atoms with Crippen LogP contribution in [0, 0.1) is 11.2 Å². The molecule has 0 heterocycles. The van der Waals surface area contributed by atoms with E-state index in [4.69, 9.17) is 5.73 Å². The van der Waals surface area contributed by atoms with Crippen LogP contribution in [-0.2, 0) is 9.59 Å². The molecule has 7 heteroatoms. The molecule has 0 aliphatic rings. The summed E-state index contributed by atoms with van der Waals surface area (Å²) in [5.41, 5.74) is 5.45. The number of carbonyl (C=O) groups excluding carboxylic acids is 2. The van der Waals surface area contributed by atoms with Crippen LogP contribution in [0.3, 0.4) is 0 Å². The Labute approximate surface area is 136 Å². The molecule has 0 radical (unpaired) electrons. The van der Waals surface area contributed by atoms with E-state index in [1.54, 1.807) is 0 Å². The van der Waals surface area contributed by atoms with Crippen molar-refractivity contribution in [1.82, 2.24) is 0 Å². The molecule has 22 heavy (non-hydrogen) atoms. The first-order chi connectivity index (χ1) is 9.88. The van der Waals surface area contributed by atoms with Gasteiger partial charge in [-0.25, -0.2) is 4.39 Å². The Morgan fingerprint density at radius 1 is 1.23 bits per heavy atom. The molecule has 0 saturated carbocycles. The number of nitrogens with one attached hydrogen (secondary N) is 2. The van der Waals surface area contributed by atoms with Gasteiger partial charge >= 0.3 is 0 Å². The van der Waals surface area contributed by atoms with Crippen molar-refractivity contribution in [3.8, 4) is 0 Å². The highest BCUT2D eigenvalue weighted by atomic mass is 35.5. The van der Waals surface area contributed by atoms with Crippen molar-refractivity contribution in [1.29, 1.82) is 0 Å². The van der Waals surface area contributed by atoms with Gasteiger partial charge in [-0.05, 0) is 31.0 Å². The number of halogens is 2. The molecular weight excluding hydrogens is 309 g/mol. The molecule has 4 N–H and O–H groups in total. The van der Waals surface area contributed by atoms with E-state index in [2.05, 4.69) is 10.6 Å². The van der Waals surface area contributed by atoms with Crippen molar-refractivity contribution in [3.63, 3.8) is 0 Å². The summed E-state index contributed by atoms with van der Waals surface area (Å²) in [6.07, 6.45) is 1.14. The monoisotopic (exact) mass is 331 g/mol. The van der Waals surface area contributed by atoms with Crippen LogP contribution in [0.15, 0.2) is 18.2 Å². The van der Waals surface area contributed by atoms with Gasteiger partial charge in [-0.1, -0.05) is 13.8 Å². The highest BCUT2D eigenvalue weighted by Gasteiger charge is 2.33. The minimum absolute atomic E-state index is 0. The lowest BCUT2D eigenvalue weighted by Gasteiger charge is -2.28. The second-order valence-corrected chi connectivity index (χ2v) is 5.02. The standard InChI is InChI=1S/C15H22FN3O2.ClH/c1-4-15(5-2,9-17)14(21)19-13-8-11(18-10(3)20)6-7-12(13)16;/h6-8H,4-5,9,17H2,1-3H3,(H,18,20)(H,19,21);1H. The molecule has 5 nitrogen and oxygen atoms in total. The molecule has 2 amide bonds. The molecule has 1 aromatic rings. The number of anilines is 2. The normalized spacial score (nSPS) is 10.6. The molecule has 0 bridgehead atoms. The smallest absolute Gasteiger partial charge is 0.231 e. The first-order valence-electron chi connectivity index (χ1n) is 6.97. The summed E-state index contributed by atoms with van der Waals surface area (Å²) in [5.74, 6) is -1.14. The summed E-state index contributed by atoms with van der Waals surface area (Å²) < 4.78 is 13.8. The highest BCUT2D eigenvalue weighted by Crippen LogP contribution is 2.28. The Bertz CT molecular complexity index is 525.